The molecule has 1 nitrogen and oxygen atoms in total. The summed E-state index contributed by atoms with van der Waals surface area (Å²) in [6.45, 7) is 1.87. The molecule has 1 aromatic carbocycles. The molecule has 0 aliphatic rings. The van der Waals surface area contributed by atoms with Gasteiger partial charge in [0.2, 0.25) is 0 Å². The van der Waals surface area contributed by atoms with Crippen LogP contribution in [-0.2, 0) is 5.33 Å². The summed E-state index contributed by atoms with van der Waals surface area (Å²) in [4.78, 5) is 11.3. The number of Topliss-reactive ketones (excluding diaryl/α,β-unsaturated/α-hetero) is 1. The lowest BCUT2D eigenvalue weighted by Crippen LogP contribution is -1.96. The molecule has 0 fully saturated rings. The van der Waals surface area contributed by atoms with E-state index in [9.17, 15) is 4.79 Å². The monoisotopic (exact) mass is 304 g/mol. The Morgan fingerprint density at radius 3 is 2.62 bits per heavy atom. The van der Waals surface area contributed by atoms with Crippen LogP contribution in [-0.4, -0.2) is 5.78 Å². The third-order valence-corrected chi connectivity index (χ3v) is 3.18. The number of alkyl halides is 1. The molecule has 1 aromatic rings. The second kappa shape index (κ2) is 4.91. The minimum Gasteiger partial charge on any atom is -0.294 e. The highest BCUT2D eigenvalue weighted by Crippen LogP contribution is 2.21. The molecule has 3 heteroatoms. The number of carbonyl (C=O) groups excluding carboxylic acids is 1. The highest BCUT2D eigenvalue weighted by molar-refractivity contribution is 9.10. The molecule has 0 aliphatic carbocycles. The molecule has 0 unspecified atom stereocenters. The molecule has 0 amide bonds. The minimum atomic E-state index is 0.182. The molecule has 0 radical (unpaired) electrons. The number of carbonyl (C=O) groups is 1. The fourth-order valence-electron chi connectivity index (χ4n) is 1.03. The average molecular weight is 306 g/mol. The molecular weight excluding hydrogens is 296 g/mol. The van der Waals surface area contributed by atoms with E-state index in [1.54, 1.807) is 0 Å². The zero-order valence-corrected chi connectivity index (χ0v) is 10.5. The lowest BCUT2D eigenvalue weighted by atomic mass is 10.1. The molecule has 1 rings (SSSR count). The maximum Gasteiger partial charge on any atom is 0.162 e. The molecule has 0 saturated heterocycles. The number of halogens is 2. The van der Waals surface area contributed by atoms with Crippen LogP contribution in [0.5, 0.6) is 0 Å². The Morgan fingerprint density at radius 2 is 2.15 bits per heavy atom. The van der Waals surface area contributed by atoms with E-state index in [0.29, 0.717) is 6.42 Å². The van der Waals surface area contributed by atoms with Gasteiger partial charge >= 0.3 is 0 Å². The van der Waals surface area contributed by atoms with Crippen LogP contribution in [0.1, 0.15) is 29.3 Å². The van der Waals surface area contributed by atoms with Crippen molar-refractivity contribution in [2.24, 2.45) is 0 Å². The van der Waals surface area contributed by atoms with Crippen molar-refractivity contribution in [2.75, 3.05) is 0 Å². The number of hydrogen-bond acceptors (Lipinski definition) is 1. The summed E-state index contributed by atoms with van der Waals surface area (Å²) >= 11 is 6.79. The van der Waals surface area contributed by atoms with E-state index >= 15 is 0 Å². The first-order valence-electron chi connectivity index (χ1n) is 4.06. The van der Waals surface area contributed by atoms with E-state index in [-0.39, 0.29) is 5.78 Å². The Labute approximate surface area is 94.8 Å². The molecule has 0 aromatic heterocycles. The Morgan fingerprint density at radius 1 is 1.46 bits per heavy atom. The van der Waals surface area contributed by atoms with Crippen molar-refractivity contribution in [1.82, 2.24) is 0 Å². The SMILES string of the molecule is CCC(=O)c1ccc(CBr)c(Br)c1. The van der Waals surface area contributed by atoms with Gasteiger partial charge in [-0.3, -0.25) is 4.79 Å². The van der Waals surface area contributed by atoms with Crippen LogP contribution in [0.15, 0.2) is 22.7 Å². The highest BCUT2D eigenvalue weighted by Gasteiger charge is 2.05. The summed E-state index contributed by atoms with van der Waals surface area (Å²) in [7, 11) is 0. The Bertz CT molecular complexity index is 321. The van der Waals surface area contributed by atoms with Crippen LogP contribution in [0.25, 0.3) is 0 Å². The van der Waals surface area contributed by atoms with Gasteiger partial charge in [0.05, 0.1) is 0 Å². The molecule has 70 valence electrons. The number of hydrogen-bond donors (Lipinski definition) is 0. The zero-order valence-electron chi connectivity index (χ0n) is 7.31. The zero-order chi connectivity index (χ0) is 9.84. The van der Waals surface area contributed by atoms with Gasteiger partial charge in [-0.1, -0.05) is 50.9 Å². The molecule has 0 N–H and O–H groups in total. The van der Waals surface area contributed by atoms with E-state index in [0.717, 1.165) is 20.9 Å². The van der Waals surface area contributed by atoms with Crippen LogP contribution < -0.4 is 0 Å². The molecular formula is C10H10Br2O. The summed E-state index contributed by atoms with van der Waals surface area (Å²) in [6.07, 6.45) is 0.556. The van der Waals surface area contributed by atoms with Gasteiger partial charge in [-0.25, -0.2) is 0 Å². The van der Waals surface area contributed by atoms with Crippen LogP contribution in [0.3, 0.4) is 0 Å². The summed E-state index contributed by atoms with van der Waals surface area (Å²) in [5.41, 5.74) is 1.94. The summed E-state index contributed by atoms with van der Waals surface area (Å²) in [5, 5.41) is 0.800. The van der Waals surface area contributed by atoms with Crippen LogP contribution in [0.4, 0.5) is 0 Å². The maximum atomic E-state index is 11.3. The number of benzene rings is 1. The topological polar surface area (TPSA) is 17.1 Å². The van der Waals surface area contributed by atoms with E-state index in [2.05, 4.69) is 31.9 Å². The van der Waals surface area contributed by atoms with Crippen molar-refractivity contribution in [1.29, 1.82) is 0 Å². The largest absolute Gasteiger partial charge is 0.294 e. The maximum absolute atomic E-state index is 11.3. The number of ketones is 1. The lowest BCUT2D eigenvalue weighted by molar-refractivity contribution is 0.0988. The molecule has 13 heavy (non-hydrogen) atoms. The Balaban J connectivity index is 3.02. The van der Waals surface area contributed by atoms with Crippen molar-refractivity contribution in [3.63, 3.8) is 0 Å². The molecule has 0 aliphatic heterocycles. The van der Waals surface area contributed by atoms with Gasteiger partial charge in [0.1, 0.15) is 0 Å². The van der Waals surface area contributed by atoms with E-state index in [1.807, 2.05) is 25.1 Å². The van der Waals surface area contributed by atoms with Crippen molar-refractivity contribution in [3.05, 3.63) is 33.8 Å². The molecule has 0 bridgehead atoms. The van der Waals surface area contributed by atoms with Gasteiger partial charge in [0, 0.05) is 21.8 Å². The average Bonchev–Trinajstić information content (AvgIpc) is 2.16. The summed E-state index contributed by atoms with van der Waals surface area (Å²) < 4.78 is 0.990. The Kier molecular flexibility index (Phi) is 4.13. The summed E-state index contributed by atoms with van der Waals surface area (Å²) in [5.74, 6) is 0.182. The fraction of sp³-hybridized carbons (Fsp3) is 0.300. The van der Waals surface area contributed by atoms with Gasteiger partial charge in [0.15, 0.2) is 5.78 Å². The van der Waals surface area contributed by atoms with Gasteiger partial charge in [-0.05, 0) is 11.6 Å². The van der Waals surface area contributed by atoms with Gasteiger partial charge in [0.25, 0.3) is 0 Å². The first-order valence-corrected chi connectivity index (χ1v) is 5.98. The number of rotatable bonds is 3. The predicted molar refractivity (Wildman–Crippen MR) is 61.4 cm³/mol. The van der Waals surface area contributed by atoms with Gasteiger partial charge in [-0.15, -0.1) is 0 Å². The van der Waals surface area contributed by atoms with Crippen molar-refractivity contribution in [3.8, 4) is 0 Å². The van der Waals surface area contributed by atoms with Crippen molar-refractivity contribution in [2.45, 2.75) is 18.7 Å². The molecule has 0 atom stereocenters. The lowest BCUT2D eigenvalue weighted by Gasteiger charge is -2.02. The van der Waals surface area contributed by atoms with Crippen LogP contribution in [0, 0.1) is 0 Å². The predicted octanol–water partition coefficient (Wildman–Crippen LogP) is 3.94. The second-order valence-corrected chi connectivity index (χ2v) is 4.13. The third kappa shape index (κ3) is 2.64. The first kappa shape index (κ1) is 10.9. The molecule has 0 spiro atoms. The first-order chi connectivity index (χ1) is 6.19. The van der Waals surface area contributed by atoms with Crippen molar-refractivity contribution >= 4 is 37.6 Å². The minimum absolute atomic E-state index is 0.182. The molecule has 0 heterocycles. The standard InChI is InChI=1S/C10H10Br2O/c1-2-10(13)7-3-4-8(6-11)9(12)5-7/h3-5H,2,6H2,1H3. The van der Waals surface area contributed by atoms with Gasteiger partial charge in [-0.2, -0.15) is 0 Å². The smallest absolute Gasteiger partial charge is 0.162 e. The third-order valence-electron chi connectivity index (χ3n) is 1.84. The van der Waals surface area contributed by atoms with E-state index in [1.165, 1.54) is 0 Å². The van der Waals surface area contributed by atoms with Crippen LogP contribution in [0.2, 0.25) is 0 Å². The summed E-state index contributed by atoms with van der Waals surface area (Å²) in [6, 6.07) is 5.71. The van der Waals surface area contributed by atoms with E-state index < -0.39 is 0 Å². The van der Waals surface area contributed by atoms with Crippen LogP contribution >= 0.6 is 31.9 Å². The normalized spacial score (nSPS) is 10.1. The van der Waals surface area contributed by atoms with Gasteiger partial charge < -0.3 is 0 Å². The Hall–Kier alpha value is -0.150. The van der Waals surface area contributed by atoms with E-state index in [4.69, 9.17) is 0 Å². The second-order valence-electron chi connectivity index (χ2n) is 2.72. The highest BCUT2D eigenvalue weighted by atomic mass is 79.9. The molecule has 0 saturated carbocycles. The quantitative estimate of drug-likeness (QED) is 0.611. The van der Waals surface area contributed by atoms with Crippen molar-refractivity contribution < 1.29 is 4.79 Å². The fourth-order valence-corrected chi connectivity index (χ4v) is 2.42.